The highest BCUT2D eigenvalue weighted by molar-refractivity contribution is 6.30. The molecule has 6 heteroatoms. The molecular formula is C15H13ClN4O. The topological polar surface area (TPSA) is 52.8 Å². The molecule has 1 heterocycles. The summed E-state index contributed by atoms with van der Waals surface area (Å²) >= 11 is 5.95. The van der Waals surface area contributed by atoms with Crippen LogP contribution < -0.4 is 4.74 Å². The lowest BCUT2D eigenvalue weighted by molar-refractivity contribution is 0.306. The van der Waals surface area contributed by atoms with E-state index in [1.54, 1.807) is 11.0 Å². The molecule has 21 heavy (non-hydrogen) atoms. The first-order chi connectivity index (χ1) is 10.3. The number of nitrogens with zero attached hydrogens (tertiary/aromatic N) is 4. The summed E-state index contributed by atoms with van der Waals surface area (Å²) in [6.45, 7) is 1.09. The Balaban J connectivity index is 1.66. The standard InChI is InChI=1S/C15H13ClN4O/c16-14-5-1-4-13(7-14)10-21-15-6-2-3-12(8-15)9-20-11-17-18-19-20/h1-8,11H,9-10H2. The molecule has 0 fully saturated rings. The van der Waals surface area contributed by atoms with Crippen LogP contribution in [0.1, 0.15) is 11.1 Å². The van der Waals surface area contributed by atoms with E-state index in [2.05, 4.69) is 15.5 Å². The Kier molecular flexibility index (Phi) is 4.12. The summed E-state index contributed by atoms with van der Waals surface area (Å²) in [5.41, 5.74) is 2.11. The first-order valence-corrected chi connectivity index (χ1v) is 6.84. The highest BCUT2D eigenvalue weighted by Crippen LogP contribution is 2.17. The monoisotopic (exact) mass is 300 g/mol. The molecule has 0 saturated carbocycles. The minimum absolute atomic E-state index is 0.481. The number of rotatable bonds is 5. The lowest BCUT2D eigenvalue weighted by Crippen LogP contribution is -2.01. The van der Waals surface area contributed by atoms with E-state index in [0.717, 1.165) is 16.9 Å². The Labute approximate surface area is 127 Å². The molecule has 0 aliphatic heterocycles. The van der Waals surface area contributed by atoms with Crippen LogP contribution in [0.5, 0.6) is 5.75 Å². The molecular weight excluding hydrogens is 288 g/mol. The van der Waals surface area contributed by atoms with Crippen LogP contribution in [0.25, 0.3) is 0 Å². The van der Waals surface area contributed by atoms with Crippen LogP contribution in [0.2, 0.25) is 5.02 Å². The number of benzene rings is 2. The van der Waals surface area contributed by atoms with Gasteiger partial charge in [-0.2, -0.15) is 0 Å². The molecule has 3 rings (SSSR count). The third kappa shape index (κ3) is 3.79. The minimum Gasteiger partial charge on any atom is -0.489 e. The normalized spacial score (nSPS) is 10.5. The molecule has 0 saturated heterocycles. The zero-order valence-electron chi connectivity index (χ0n) is 11.2. The number of hydrogen-bond acceptors (Lipinski definition) is 4. The summed E-state index contributed by atoms with van der Waals surface area (Å²) in [6, 6.07) is 15.5. The van der Waals surface area contributed by atoms with E-state index < -0.39 is 0 Å². The van der Waals surface area contributed by atoms with Crippen LogP contribution in [-0.2, 0) is 13.2 Å². The maximum atomic E-state index is 5.95. The van der Waals surface area contributed by atoms with Gasteiger partial charge in [0.1, 0.15) is 18.7 Å². The fourth-order valence-corrected chi connectivity index (χ4v) is 2.18. The lowest BCUT2D eigenvalue weighted by Gasteiger charge is -2.08. The molecule has 0 radical (unpaired) electrons. The van der Waals surface area contributed by atoms with Crippen LogP contribution in [0.15, 0.2) is 54.9 Å². The van der Waals surface area contributed by atoms with E-state index in [1.807, 2.05) is 48.5 Å². The van der Waals surface area contributed by atoms with Crippen LogP contribution >= 0.6 is 11.6 Å². The maximum Gasteiger partial charge on any atom is 0.138 e. The van der Waals surface area contributed by atoms with Crippen molar-refractivity contribution in [2.45, 2.75) is 13.2 Å². The summed E-state index contributed by atoms with van der Waals surface area (Å²) in [6.07, 6.45) is 1.58. The van der Waals surface area contributed by atoms with Gasteiger partial charge in [-0.25, -0.2) is 4.68 Å². The van der Waals surface area contributed by atoms with E-state index >= 15 is 0 Å². The number of aromatic nitrogens is 4. The fourth-order valence-electron chi connectivity index (χ4n) is 1.97. The molecule has 3 aromatic rings. The van der Waals surface area contributed by atoms with Crippen molar-refractivity contribution in [2.75, 3.05) is 0 Å². The quantitative estimate of drug-likeness (QED) is 0.727. The van der Waals surface area contributed by atoms with Crippen molar-refractivity contribution >= 4 is 11.6 Å². The Hall–Kier alpha value is -2.40. The van der Waals surface area contributed by atoms with Gasteiger partial charge in [0.05, 0.1) is 6.54 Å². The average Bonchev–Trinajstić information content (AvgIpc) is 2.99. The predicted molar refractivity (Wildman–Crippen MR) is 79.1 cm³/mol. The Morgan fingerprint density at radius 1 is 1.05 bits per heavy atom. The van der Waals surface area contributed by atoms with Crippen LogP contribution in [0, 0.1) is 0 Å². The molecule has 0 aliphatic rings. The third-order valence-electron chi connectivity index (χ3n) is 2.93. The predicted octanol–water partition coefficient (Wildman–Crippen LogP) is 2.95. The molecule has 0 unspecified atom stereocenters. The van der Waals surface area contributed by atoms with Gasteiger partial charge in [0.15, 0.2) is 0 Å². The van der Waals surface area contributed by atoms with Crippen molar-refractivity contribution in [1.82, 2.24) is 20.2 Å². The molecule has 1 aromatic heterocycles. The van der Waals surface area contributed by atoms with Gasteiger partial charge in [0.2, 0.25) is 0 Å². The summed E-state index contributed by atoms with van der Waals surface area (Å²) in [5.74, 6) is 0.806. The average molecular weight is 301 g/mol. The molecule has 0 bridgehead atoms. The van der Waals surface area contributed by atoms with Crippen LogP contribution in [0.4, 0.5) is 0 Å². The van der Waals surface area contributed by atoms with Gasteiger partial charge < -0.3 is 4.74 Å². The Morgan fingerprint density at radius 3 is 2.71 bits per heavy atom. The molecule has 0 aliphatic carbocycles. The summed E-state index contributed by atoms with van der Waals surface area (Å²) in [5, 5.41) is 11.8. The van der Waals surface area contributed by atoms with E-state index in [0.29, 0.717) is 18.2 Å². The number of ether oxygens (including phenoxy) is 1. The largest absolute Gasteiger partial charge is 0.489 e. The zero-order chi connectivity index (χ0) is 14.5. The zero-order valence-corrected chi connectivity index (χ0v) is 11.9. The molecule has 0 atom stereocenters. The molecule has 0 spiro atoms. The first kappa shape index (κ1) is 13.6. The summed E-state index contributed by atoms with van der Waals surface area (Å²) in [4.78, 5) is 0. The van der Waals surface area contributed by atoms with Gasteiger partial charge in [0, 0.05) is 5.02 Å². The molecule has 0 N–H and O–H groups in total. The molecule has 0 amide bonds. The Bertz CT molecular complexity index is 715. The minimum atomic E-state index is 0.481. The van der Waals surface area contributed by atoms with Crippen molar-refractivity contribution in [3.8, 4) is 5.75 Å². The van der Waals surface area contributed by atoms with Gasteiger partial charge in [0.25, 0.3) is 0 Å². The van der Waals surface area contributed by atoms with Gasteiger partial charge in [-0.15, -0.1) is 5.10 Å². The van der Waals surface area contributed by atoms with Crippen molar-refractivity contribution in [3.63, 3.8) is 0 Å². The van der Waals surface area contributed by atoms with E-state index in [-0.39, 0.29) is 0 Å². The van der Waals surface area contributed by atoms with Gasteiger partial charge in [-0.1, -0.05) is 35.9 Å². The Morgan fingerprint density at radius 2 is 1.90 bits per heavy atom. The van der Waals surface area contributed by atoms with Gasteiger partial charge in [-0.3, -0.25) is 0 Å². The summed E-state index contributed by atoms with van der Waals surface area (Å²) < 4.78 is 7.45. The fraction of sp³-hybridized carbons (Fsp3) is 0.133. The van der Waals surface area contributed by atoms with E-state index in [4.69, 9.17) is 16.3 Å². The highest BCUT2D eigenvalue weighted by Gasteiger charge is 2.01. The van der Waals surface area contributed by atoms with Crippen LogP contribution in [-0.4, -0.2) is 20.2 Å². The van der Waals surface area contributed by atoms with Gasteiger partial charge in [-0.05, 0) is 45.8 Å². The van der Waals surface area contributed by atoms with E-state index in [1.165, 1.54) is 0 Å². The number of halogens is 1. The highest BCUT2D eigenvalue weighted by atomic mass is 35.5. The second kappa shape index (κ2) is 6.37. The van der Waals surface area contributed by atoms with Crippen molar-refractivity contribution in [3.05, 3.63) is 71.0 Å². The molecule has 106 valence electrons. The first-order valence-electron chi connectivity index (χ1n) is 6.46. The van der Waals surface area contributed by atoms with E-state index in [9.17, 15) is 0 Å². The second-order valence-corrected chi connectivity index (χ2v) is 5.01. The number of tetrazole rings is 1. The lowest BCUT2D eigenvalue weighted by atomic mass is 10.2. The molecule has 5 nitrogen and oxygen atoms in total. The van der Waals surface area contributed by atoms with Crippen molar-refractivity contribution in [2.24, 2.45) is 0 Å². The SMILES string of the molecule is Clc1cccc(COc2cccc(Cn3cnnn3)c2)c1. The van der Waals surface area contributed by atoms with Crippen LogP contribution in [0.3, 0.4) is 0 Å². The maximum absolute atomic E-state index is 5.95. The smallest absolute Gasteiger partial charge is 0.138 e. The third-order valence-corrected chi connectivity index (χ3v) is 3.16. The van der Waals surface area contributed by atoms with Crippen molar-refractivity contribution < 1.29 is 4.74 Å². The molecule has 2 aromatic carbocycles. The van der Waals surface area contributed by atoms with Gasteiger partial charge >= 0.3 is 0 Å². The number of hydrogen-bond donors (Lipinski definition) is 0. The summed E-state index contributed by atoms with van der Waals surface area (Å²) in [7, 11) is 0. The van der Waals surface area contributed by atoms with Crippen molar-refractivity contribution in [1.29, 1.82) is 0 Å². The second-order valence-electron chi connectivity index (χ2n) is 4.57.